The zero-order valence-corrected chi connectivity index (χ0v) is 10.4. The van der Waals surface area contributed by atoms with Crippen molar-refractivity contribution in [2.45, 2.75) is 20.3 Å². The SMILES string of the molecule is CCN(CC)CC(CN)Cc1cccnc1. The predicted molar refractivity (Wildman–Crippen MR) is 68.3 cm³/mol. The maximum Gasteiger partial charge on any atom is 0.0299 e. The summed E-state index contributed by atoms with van der Waals surface area (Å²) in [6.45, 7) is 8.41. The van der Waals surface area contributed by atoms with Crippen LogP contribution >= 0.6 is 0 Å². The van der Waals surface area contributed by atoms with Gasteiger partial charge in [0.05, 0.1) is 0 Å². The number of pyridine rings is 1. The van der Waals surface area contributed by atoms with E-state index in [0.717, 1.165) is 32.6 Å². The van der Waals surface area contributed by atoms with E-state index in [1.165, 1.54) is 5.56 Å². The minimum atomic E-state index is 0.532. The lowest BCUT2D eigenvalue weighted by Gasteiger charge is -2.24. The average Bonchev–Trinajstić information content (AvgIpc) is 2.35. The molecule has 1 unspecified atom stereocenters. The van der Waals surface area contributed by atoms with E-state index in [1.807, 2.05) is 18.5 Å². The number of nitrogens with two attached hydrogens (primary N) is 1. The van der Waals surface area contributed by atoms with Crippen molar-refractivity contribution < 1.29 is 0 Å². The molecule has 0 aliphatic heterocycles. The second-order valence-electron chi connectivity index (χ2n) is 4.15. The number of hydrogen-bond acceptors (Lipinski definition) is 3. The molecule has 0 radical (unpaired) electrons. The van der Waals surface area contributed by atoms with Crippen molar-refractivity contribution in [3.8, 4) is 0 Å². The number of hydrogen-bond donors (Lipinski definition) is 1. The lowest BCUT2D eigenvalue weighted by molar-refractivity contribution is 0.254. The molecule has 0 fully saturated rings. The highest BCUT2D eigenvalue weighted by Gasteiger charge is 2.11. The maximum atomic E-state index is 5.83. The Hall–Kier alpha value is -0.930. The summed E-state index contributed by atoms with van der Waals surface area (Å²) in [4.78, 5) is 6.56. The van der Waals surface area contributed by atoms with Crippen molar-refractivity contribution in [1.29, 1.82) is 0 Å². The Morgan fingerprint density at radius 2 is 2.12 bits per heavy atom. The van der Waals surface area contributed by atoms with Crippen LogP contribution in [-0.4, -0.2) is 36.1 Å². The third kappa shape index (κ3) is 4.29. The summed E-state index contributed by atoms with van der Waals surface area (Å²) in [5, 5.41) is 0. The van der Waals surface area contributed by atoms with Crippen molar-refractivity contribution in [2.75, 3.05) is 26.2 Å². The van der Waals surface area contributed by atoms with Gasteiger partial charge in [0, 0.05) is 18.9 Å². The summed E-state index contributed by atoms with van der Waals surface area (Å²) in [6.07, 6.45) is 4.77. The minimum absolute atomic E-state index is 0.532. The van der Waals surface area contributed by atoms with Crippen LogP contribution in [0.25, 0.3) is 0 Å². The number of rotatable bonds is 7. The standard InChI is InChI=1S/C13H23N3/c1-3-16(4-2)11-13(9-14)8-12-6-5-7-15-10-12/h5-7,10,13H,3-4,8-9,11,14H2,1-2H3. The van der Waals surface area contributed by atoms with Crippen LogP contribution in [0.4, 0.5) is 0 Å². The minimum Gasteiger partial charge on any atom is -0.330 e. The molecule has 0 aromatic carbocycles. The van der Waals surface area contributed by atoms with Crippen LogP contribution in [-0.2, 0) is 6.42 Å². The Bertz CT molecular complexity index is 270. The summed E-state index contributed by atoms with van der Waals surface area (Å²) in [6, 6.07) is 4.11. The molecular weight excluding hydrogens is 198 g/mol. The van der Waals surface area contributed by atoms with E-state index in [1.54, 1.807) is 0 Å². The van der Waals surface area contributed by atoms with Crippen LogP contribution in [0.2, 0.25) is 0 Å². The summed E-state index contributed by atoms with van der Waals surface area (Å²) in [5.74, 6) is 0.532. The fourth-order valence-corrected chi connectivity index (χ4v) is 1.92. The Morgan fingerprint density at radius 1 is 1.38 bits per heavy atom. The third-order valence-corrected chi connectivity index (χ3v) is 2.99. The molecule has 1 aromatic rings. The van der Waals surface area contributed by atoms with Gasteiger partial charge < -0.3 is 10.6 Å². The summed E-state index contributed by atoms with van der Waals surface area (Å²) < 4.78 is 0. The van der Waals surface area contributed by atoms with Gasteiger partial charge in [-0.3, -0.25) is 4.98 Å². The molecule has 1 aromatic heterocycles. The molecular formula is C13H23N3. The van der Waals surface area contributed by atoms with Gasteiger partial charge in [0.1, 0.15) is 0 Å². The normalized spacial score (nSPS) is 13.0. The van der Waals surface area contributed by atoms with Gasteiger partial charge in [0.15, 0.2) is 0 Å². The van der Waals surface area contributed by atoms with Gasteiger partial charge in [0.2, 0.25) is 0 Å². The van der Waals surface area contributed by atoms with E-state index in [-0.39, 0.29) is 0 Å². The fraction of sp³-hybridized carbons (Fsp3) is 0.615. The Kier molecular flexibility index (Phi) is 6.04. The summed E-state index contributed by atoms with van der Waals surface area (Å²) in [7, 11) is 0. The molecule has 3 nitrogen and oxygen atoms in total. The van der Waals surface area contributed by atoms with Gasteiger partial charge in [-0.1, -0.05) is 19.9 Å². The van der Waals surface area contributed by atoms with Crippen molar-refractivity contribution in [3.63, 3.8) is 0 Å². The van der Waals surface area contributed by atoms with Crippen LogP contribution in [0.15, 0.2) is 24.5 Å². The second-order valence-corrected chi connectivity index (χ2v) is 4.15. The van der Waals surface area contributed by atoms with E-state index in [2.05, 4.69) is 29.8 Å². The quantitative estimate of drug-likeness (QED) is 0.759. The van der Waals surface area contributed by atoms with E-state index in [4.69, 9.17) is 5.73 Å². The summed E-state index contributed by atoms with van der Waals surface area (Å²) >= 11 is 0. The van der Waals surface area contributed by atoms with Crippen LogP contribution in [0.5, 0.6) is 0 Å². The molecule has 0 aliphatic carbocycles. The molecule has 16 heavy (non-hydrogen) atoms. The van der Waals surface area contributed by atoms with Gasteiger partial charge in [0.25, 0.3) is 0 Å². The highest BCUT2D eigenvalue weighted by molar-refractivity contribution is 5.09. The van der Waals surface area contributed by atoms with Crippen molar-refractivity contribution in [3.05, 3.63) is 30.1 Å². The molecule has 3 heteroatoms. The predicted octanol–water partition coefficient (Wildman–Crippen LogP) is 1.54. The van der Waals surface area contributed by atoms with Crippen LogP contribution < -0.4 is 5.73 Å². The van der Waals surface area contributed by atoms with Crippen LogP contribution in [0.3, 0.4) is 0 Å². The molecule has 0 aliphatic rings. The van der Waals surface area contributed by atoms with Crippen LogP contribution in [0.1, 0.15) is 19.4 Å². The first kappa shape index (κ1) is 13.1. The molecule has 1 heterocycles. The molecule has 2 N–H and O–H groups in total. The third-order valence-electron chi connectivity index (χ3n) is 2.99. The Balaban J connectivity index is 2.49. The van der Waals surface area contributed by atoms with Crippen LogP contribution in [0, 0.1) is 5.92 Å². The molecule has 0 amide bonds. The molecule has 90 valence electrons. The van der Waals surface area contributed by atoms with Gasteiger partial charge >= 0.3 is 0 Å². The summed E-state index contributed by atoms with van der Waals surface area (Å²) in [5.41, 5.74) is 7.11. The average molecular weight is 221 g/mol. The Morgan fingerprint density at radius 3 is 2.62 bits per heavy atom. The van der Waals surface area contributed by atoms with E-state index in [0.29, 0.717) is 5.92 Å². The van der Waals surface area contributed by atoms with E-state index < -0.39 is 0 Å². The van der Waals surface area contributed by atoms with Crippen molar-refractivity contribution in [1.82, 2.24) is 9.88 Å². The van der Waals surface area contributed by atoms with Gasteiger partial charge in [-0.15, -0.1) is 0 Å². The molecule has 0 saturated carbocycles. The number of aromatic nitrogens is 1. The van der Waals surface area contributed by atoms with Crippen molar-refractivity contribution in [2.24, 2.45) is 11.7 Å². The van der Waals surface area contributed by atoms with Gasteiger partial charge in [-0.25, -0.2) is 0 Å². The van der Waals surface area contributed by atoms with E-state index >= 15 is 0 Å². The first-order chi connectivity index (χ1) is 7.80. The molecule has 0 saturated heterocycles. The molecule has 0 spiro atoms. The zero-order chi connectivity index (χ0) is 11.8. The highest BCUT2D eigenvalue weighted by Crippen LogP contribution is 2.08. The highest BCUT2D eigenvalue weighted by atomic mass is 15.1. The van der Waals surface area contributed by atoms with E-state index in [9.17, 15) is 0 Å². The lowest BCUT2D eigenvalue weighted by atomic mass is 10.00. The molecule has 1 rings (SSSR count). The smallest absolute Gasteiger partial charge is 0.0299 e. The van der Waals surface area contributed by atoms with Crippen molar-refractivity contribution >= 4 is 0 Å². The molecule has 0 bridgehead atoms. The topological polar surface area (TPSA) is 42.1 Å². The van der Waals surface area contributed by atoms with Gasteiger partial charge in [-0.05, 0) is 43.6 Å². The Labute approximate surface area is 98.7 Å². The lowest BCUT2D eigenvalue weighted by Crippen LogP contribution is -2.33. The zero-order valence-electron chi connectivity index (χ0n) is 10.4. The maximum absolute atomic E-state index is 5.83. The fourth-order valence-electron chi connectivity index (χ4n) is 1.92. The largest absolute Gasteiger partial charge is 0.330 e. The second kappa shape index (κ2) is 7.36. The molecule has 1 atom stereocenters. The monoisotopic (exact) mass is 221 g/mol. The first-order valence-electron chi connectivity index (χ1n) is 6.11. The number of nitrogens with zero attached hydrogens (tertiary/aromatic N) is 2. The first-order valence-corrected chi connectivity index (χ1v) is 6.11. The van der Waals surface area contributed by atoms with Gasteiger partial charge in [-0.2, -0.15) is 0 Å².